The van der Waals surface area contributed by atoms with E-state index in [1.165, 1.54) is 48.4 Å². The standard InChI is InChI=1S/C24H26FN3OS/c1-27(16-18-8-10-22(11-9-18)28-12-3-2-4-13-28)23(29)15-21-17-30-24(26-21)19-6-5-7-20(25)14-19/h5-11,14,17H,2-4,12-13,15-16H2,1H3. The molecular weight excluding hydrogens is 397 g/mol. The fraction of sp³-hybridized carbons (Fsp3) is 0.333. The molecule has 6 heteroatoms. The maximum atomic E-state index is 13.4. The Kier molecular flexibility index (Phi) is 6.43. The number of anilines is 1. The Balaban J connectivity index is 1.34. The Hall–Kier alpha value is -2.73. The molecule has 1 aliphatic rings. The van der Waals surface area contributed by atoms with Gasteiger partial charge >= 0.3 is 0 Å². The van der Waals surface area contributed by atoms with Gasteiger partial charge in [-0.2, -0.15) is 0 Å². The summed E-state index contributed by atoms with van der Waals surface area (Å²) in [6.07, 6.45) is 4.09. The summed E-state index contributed by atoms with van der Waals surface area (Å²) in [6.45, 7) is 2.83. The number of carbonyl (C=O) groups excluding carboxylic acids is 1. The van der Waals surface area contributed by atoms with E-state index in [0.717, 1.165) is 34.9 Å². The topological polar surface area (TPSA) is 36.4 Å². The number of aromatic nitrogens is 1. The molecule has 1 amide bonds. The van der Waals surface area contributed by atoms with E-state index in [4.69, 9.17) is 0 Å². The van der Waals surface area contributed by atoms with Crippen LogP contribution >= 0.6 is 11.3 Å². The fourth-order valence-electron chi connectivity index (χ4n) is 3.76. The number of hydrogen-bond donors (Lipinski definition) is 0. The van der Waals surface area contributed by atoms with Gasteiger partial charge in [0.1, 0.15) is 10.8 Å². The van der Waals surface area contributed by atoms with Crippen molar-refractivity contribution in [2.75, 3.05) is 25.0 Å². The average molecular weight is 424 g/mol. The van der Waals surface area contributed by atoms with E-state index in [0.29, 0.717) is 6.54 Å². The zero-order chi connectivity index (χ0) is 20.9. The third kappa shape index (κ3) is 5.05. The smallest absolute Gasteiger partial charge is 0.228 e. The molecule has 0 aliphatic carbocycles. The monoisotopic (exact) mass is 423 g/mol. The molecule has 156 valence electrons. The van der Waals surface area contributed by atoms with E-state index in [9.17, 15) is 9.18 Å². The number of nitrogens with zero attached hydrogens (tertiary/aromatic N) is 3. The summed E-state index contributed by atoms with van der Waals surface area (Å²) in [4.78, 5) is 21.3. The minimum atomic E-state index is -0.286. The highest BCUT2D eigenvalue weighted by Gasteiger charge is 2.15. The minimum Gasteiger partial charge on any atom is -0.372 e. The van der Waals surface area contributed by atoms with Crippen LogP contribution in [0.3, 0.4) is 0 Å². The molecule has 0 N–H and O–H groups in total. The predicted octanol–water partition coefficient (Wildman–Crippen LogP) is 5.14. The van der Waals surface area contributed by atoms with Crippen molar-refractivity contribution < 1.29 is 9.18 Å². The Labute approximate surface area is 181 Å². The summed E-state index contributed by atoms with van der Waals surface area (Å²) in [7, 11) is 1.82. The van der Waals surface area contributed by atoms with Gasteiger partial charge in [0.2, 0.25) is 5.91 Å². The molecule has 0 saturated carbocycles. The van der Waals surface area contributed by atoms with Crippen LogP contribution in [0.4, 0.5) is 10.1 Å². The van der Waals surface area contributed by atoms with Crippen molar-refractivity contribution in [1.29, 1.82) is 0 Å². The van der Waals surface area contributed by atoms with Gasteiger partial charge in [-0.15, -0.1) is 11.3 Å². The van der Waals surface area contributed by atoms with Crippen LogP contribution in [0.2, 0.25) is 0 Å². The van der Waals surface area contributed by atoms with Crippen molar-refractivity contribution in [3.05, 3.63) is 71.0 Å². The van der Waals surface area contributed by atoms with Crippen LogP contribution in [-0.4, -0.2) is 35.9 Å². The molecule has 0 spiro atoms. The second kappa shape index (κ2) is 9.39. The Bertz CT molecular complexity index is 996. The lowest BCUT2D eigenvalue weighted by molar-refractivity contribution is -0.129. The highest BCUT2D eigenvalue weighted by Crippen LogP contribution is 2.25. The van der Waals surface area contributed by atoms with E-state index < -0.39 is 0 Å². The third-order valence-corrected chi connectivity index (χ3v) is 6.40. The van der Waals surface area contributed by atoms with E-state index in [1.54, 1.807) is 11.0 Å². The van der Waals surface area contributed by atoms with E-state index >= 15 is 0 Å². The highest BCUT2D eigenvalue weighted by molar-refractivity contribution is 7.13. The fourth-order valence-corrected chi connectivity index (χ4v) is 4.58. The molecule has 0 bridgehead atoms. The van der Waals surface area contributed by atoms with Crippen LogP contribution in [0, 0.1) is 5.82 Å². The van der Waals surface area contributed by atoms with Gasteiger partial charge in [0, 0.05) is 43.3 Å². The minimum absolute atomic E-state index is 0.0196. The second-order valence-electron chi connectivity index (χ2n) is 7.80. The van der Waals surface area contributed by atoms with Crippen molar-refractivity contribution in [1.82, 2.24) is 9.88 Å². The van der Waals surface area contributed by atoms with E-state index in [2.05, 4.69) is 34.1 Å². The first-order valence-electron chi connectivity index (χ1n) is 10.4. The predicted molar refractivity (Wildman–Crippen MR) is 120 cm³/mol. The Morgan fingerprint density at radius 1 is 1.13 bits per heavy atom. The van der Waals surface area contributed by atoms with Crippen LogP contribution in [0.5, 0.6) is 0 Å². The maximum Gasteiger partial charge on any atom is 0.228 e. The molecule has 4 rings (SSSR count). The first kappa shape index (κ1) is 20.5. The first-order chi connectivity index (χ1) is 14.6. The lowest BCUT2D eigenvalue weighted by Crippen LogP contribution is -2.29. The van der Waals surface area contributed by atoms with Crippen molar-refractivity contribution >= 4 is 22.9 Å². The van der Waals surface area contributed by atoms with Gasteiger partial charge in [-0.3, -0.25) is 4.79 Å². The average Bonchev–Trinajstić information content (AvgIpc) is 3.23. The zero-order valence-corrected chi connectivity index (χ0v) is 18.0. The molecule has 1 fully saturated rings. The summed E-state index contributed by atoms with van der Waals surface area (Å²) in [5, 5.41) is 2.60. The van der Waals surface area contributed by atoms with Crippen LogP contribution < -0.4 is 4.90 Å². The summed E-state index contributed by atoms with van der Waals surface area (Å²) < 4.78 is 13.4. The van der Waals surface area contributed by atoms with Crippen molar-refractivity contribution in [2.24, 2.45) is 0 Å². The van der Waals surface area contributed by atoms with Gasteiger partial charge in [-0.05, 0) is 49.1 Å². The number of halogens is 1. The molecule has 1 aromatic heterocycles. The van der Waals surface area contributed by atoms with Gasteiger partial charge in [0.25, 0.3) is 0 Å². The molecule has 30 heavy (non-hydrogen) atoms. The van der Waals surface area contributed by atoms with Crippen molar-refractivity contribution in [3.8, 4) is 10.6 Å². The molecule has 0 unspecified atom stereocenters. The quantitative estimate of drug-likeness (QED) is 0.551. The summed E-state index contributed by atoms with van der Waals surface area (Å²) >= 11 is 1.43. The Morgan fingerprint density at radius 2 is 1.90 bits per heavy atom. The maximum absolute atomic E-state index is 13.4. The molecular formula is C24H26FN3OS. The number of rotatable bonds is 6. The van der Waals surface area contributed by atoms with Gasteiger partial charge in [-0.1, -0.05) is 24.3 Å². The number of likely N-dealkylation sites (N-methyl/N-ethyl adjacent to an activating group) is 1. The van der Waals surface area contributed by atoms with E-state index in [-0.39, 0.29) is 18.1 Å². The second-order valence-corrected chi connectivity index (χ2v) is 8.65. The summed E-state index contributed by atoms with van der Waals surface area (Å²) in [5.74, 6) is -0.266. The zero-order valence-electron chi connectivity index (χ0n) is 17.2. The normalized spacial score (nSPS) is 14.0. The van der Waals surface area contributed by atoms with E-state index in [1.807, 2.05) is 18.5 Å². The molecule has 1 saturated heterocycles. The highest BCUT2D eigenvalue weighted by atomic mass is 32.1. The first-order valence-corrected chi connectivity index (χ1v) is 11.2. The van der Waals surface area contributed by atoms with Gasteiger partial charge in [-0.25, -0.2) is 9.37 Å². The number of thiazole rings is 1. The van der Waals surface area contributed by atoms with Gasteiger partial charge in [0.15, 0.2) is 0 Å². The van der Waals surface area contributed by atoms with Crippen molar-refractivity contribution in [2.45, 2.75) is 32.2 Å². The third-order valence-electron chi connectivity index (χ3n) is 5.46. The molecule has 0 atom stereocenters. The van der Waals surface area contributed by atoms with Gasteiger partial charge in [0.05, 0.1) is 12.1 Å². The molecule has 1 aliphatic heterocycles. The van der Waals surface area contributed by atoms with Crippen LogP contribution in [0.15, 0.2) is 53.9 Å². The molecule has 2 aromatic carbocycles. The van der Waals surface area contributed by atoms with Crippen LogP contribution in [-0.2, 0) is 17.8 Å². The summed E-state index contributed by atoms with van der Waals surface area (Å²) in [6, 6.07) is 14.9. The van der Waals surface area contributed by atoms with Crippen LogP contribution in [0.1, 0.15) is 30.5 Å². The van der Waals surface area contributed by atoms with Gasteiger partial charge < -0.3 is 9.80 Å². The largest absolute Gasteiger partial charge is 0.372 e. The number of benzene rings is 2. The lowest BCUT2D eigenvalue weighted by Gasteiger charge is -2.29. The Morgan fingerprint density at radius 3 is 2.63 bits per heavy atom. The van der Waals surface area contributed by atoms with Crippen molar-refractivity contribution in [3.63, 3.8) is 0 Å². The molecule has 2 heterocycles. The molecule has 0 radical (unpaired) electrons. The SMILES string of the molecule is CN(Cc1ccc(N2CCCCC2)cc1)C(=O)Cc1csc(-c2cccc(F)c2)n1. The summed E-state index contributed by atoms with van der Waals surface area (Å²) in [5.41, 5.74) is 3.84. The molecule has 4 nitrogen and oxygen atoms in total. The number of amides is 1. The number of piperidine rings is 1. The number of carbonyl (C=O) groups is 1. The molecule has 3 aromatic rings. The lowest BCUT2D eigenvalue weighted by atomic mass is 10.1. The number of hydrogen-bond acceptors (Lipinski definition) is 4. The van der Waals surface area contributed by atoms with Crippen LogP contribution in [0.25, 0.3) is 10.6 Å².